The van der Waals surface area contributed by atoms with Gasteiger partial charge in [0.2, 0.25) is 0 Å². The normalized spacial score (nSPS) is 11.3. The molecule has 1 aromatic rings. The molecule has 1 heterocycles. The van der Waals surface area contributed by atoms with Crippen LogP contribution in [-0.4, -0.2) is 25.0 Å². The predicted octanol–water partition coefficient (Wildman–Crippen LogP) is 1.23. The van der Waals surface area contributed by atoms with Gasteiger partial charge in [-0.3, -0.25) is 0 Å². The molecule has 7 heteroatoms. The van der Waals surface area contributed by atoms with E-state index in [4.69, 9.17) is 0 Å². The van der Waals surface area contributed by atoms with Crippen molar-refractivity contribution in [2.45, 2.75) is 6.92 Å². The third kappa shape index (κ3) is 2.48. The molecule has 0 aromatic carbocycles. The molecular weight excluding hydrogens is 210 g/mol. The van der Waals surface area contributed by atoms with Crippen LogP contribution in [0.1, 0.15) is 16.1 Å². The Bertz CT molecular complexity index is 392. The van der Waals surface area contributed by atoms with Gasteiger partial charge in [-0.05, 0) is 6.92 Å². The van der Waals surface area contributed by atoms with Crippen molar-refractivity contribution >= 4 is 18.4 Å². The molecule has 0 aliphatic heterocycles. The Kier molecular flexibility index (Phi) is 3.02. The van der Waals surface area contributed by atoms with Crippen LogP contribution in [0, 0.1) is 6.92 Å². The SMILES string of the molecule is COC(=O)c1cc([B-](F)(F)F)c(C)cn1. The summed E-state index contributed by atoms with van der Waals surface area (Å²) in [5.41, 5.74) is -1.15. The summed E-state index contributed by atoms with van der Waals surface area (Å²) in [6, 6.07) is 0.709. The number of esters is 1. The van der Waals surface area contributed by atoms with Gasteiger partial charge in [0.05, 0.1) is 7.11 Å². The highest BCUT2D eigenvalue weighted by molar-refractivity contribution is 6.74. The summed E-state index contributed by atoms with van der Waals surface area (Å²) in [7, 11) is 1.09. The second-order valence-electron chi connectivity index (χ2n) is 2.99. The summed E-state index contributed by atoms with van der Waals surface area (Å²) in [5, 5.41) is 0. The fourth-order valence-electron chi connectivity index (χ4n) is 1.11. The predicted molar refractivity (Wildman–Crippen MR) is 49.0 cm³/mol. The fourth-order valence-corrected chi connectivity index (χ4v) is 1.11. The lowest BCUT2D eigenvalue weighted by Gasteiger charge is -2.17. The lowest BCUT2D eigenvalue weighted by atomic mass is 9.77. The van der Waals surface area contributed by atoms with E-state index in [2.05, 4.69) is 9.72 Å². The van der Waals surface area contributed by atoms with Gasteiger partial charge in [0.25, 0.3) is 0 Å². The van der Waals surface area contributed by atoms with E-state index in [1.165, 1.54) is 6.92 Å². The van der Waals surface area contributed by atoms with E-state index < -0.39 is 18.4 Å². The molecule has 0 spiro atoms. The van der Waals surface area contributed by atoms with Crippen LogP contribution >= 0.6 is 0 Å². The van der Waals surface area contributed by atoms with E-state index in [0.29, 0.717) is 6.07 Å². The number of ether oxygens (including phenoxy) is 1. The monoisotopic (exact) mass is 218 g/mol. The zero-order chi connectivity index (χ0) is 11.6. The van der Waals surface area contributed by atoms with Gasteiger partial charge in [-0.25, -0.2) is 9.78 Å². The Morgan fingerprint density at radius 3 is 2.53 bits per heavy atom. The van der Waals surface area contributed by atoms with Crippen LogP contribution in [0.3, 0.4) is 0 Å². The third-order valence-corrected chi connectivity index (χ3v) is 1.89. The van der Waals surface area contributed by atoms with Gasteiger partial charge in [-0.2, -0.15) is 0 Å². The van der Waals surface area contributed by atoms with Crippen LogP contribution in [0.2, 0.25) is 0 Å². The van der Waals surface area contributed by atoms with Gasteiger partial charge < -0.3 is 17.7 Å². The Labute approximate surface area is 84.3 Å². The van der Waals surface area contributed by atoms with Crippen LogP contribution in [0.25, 0.3) is 0 Å². The van der Waals surface area contributed by atoms with Crippen molar-refractivity contribution in [3.63, 3.8) is 0 Å². The molecular formula is C8H8BF3NO2-. The summed E-state index contributed by atoms with van der Waals surface area (Å²) in [4.78, 5) is 14.5. The Morgan fingerprint density at radius 2 is 2.07 bits per heavy atom. The first-order valence-corrected chi connectivity index (χ1v) is 4.11. The topological polar surface area (TPSA) is 39.2 Å². The van der Waals surface area contributed by atoms with Crippen LogP contribution in [0.15, 0.2) is 12.3 Å². The number of carbonyl (C=O) groups is 1. The minimum absolute atomic E-state index is 0.00449. The minimum atomic E-state index is -5.13. The Morgan fingerprint density at radius 1 is 1.47 bits per heavy atom. The zero-order valence-electron chi connectivity index (χ0n) is 8.13. The first kappa shape index (κ1) is 11.5. The smallest absolute Gasteiger partial charge is 0.464 e. The number of carbonyl (C=O) groups excluding carboxylic acids is 1. The molecule has 1 aromatic heterocycles. The number of hydrogen-bond acceptors (Lipinski definition) is 3. The Balaban J connectivity index is 3.23. The summed E-state index contributed by atoms with van der Waals surface area (Å²) in [6.45, 7) is -3.84. The van der Waals surface area contributed by atoms with Crippen LogP contribution in [-0.2, 0) is 4.74 Å². The molecule has 0 aliphatic carbocycles. The summed E-state index contributed by atoms with van der Waals surface area (Å²) >= 11 is 0. The summed E-state index contributed by atoms with van der Waals surface area (Å²) in [5.74, 6) is -0.878. The number of aromatic nitrogens is 1. The number of hydrogen-bond donors (Lipinski definition) is 0. The van der Waals surface area contributed by atoms with Crippen molar-refractivity contribution in [2.75, 3.05) is 7.11 Å². The first-order chi connectivity index (χ1) is 6.86. The van der Waals surface area contributed by atoms with E-state index in [1.807, 2.05) is 0 Å². The van der Waals surface area contributed by atoms with Gasteiger partial charge in [0.1, 0.15) is 5.69 Å². The highest BCUT2D eigenvalue weighted by atomic mass is 19.4. The number of pyridine rings is 1. The molecule has 0 saturated carbocycles. The highest BCUT2D eigenvalue weighted by Gasteiger charge is 2.28. The molecule has 0 atom stereocenters. The number of halogens is 3. The minimum Gasteiger partial charge on any atom is -0.464 e. The van der Waals surface area contributed by atoms with Crippen molar-refractivity contribution in [3.05, 3.63) is 23.5 Å². The molecule has 1 rings (SSSR count). The van der Waals surface area contributed by atoms with Crippen molar-refractivity contribution < 1.29 is 22.5 Å². The fraction of sp³-hybridized carbons (Fsp3) is 0.250. The quantitative estimate of drug-likeness (QED) is 0.553. The van der Waals surface area contributed by atoms with Crippen LogP contribution in [0.5, 0.6) is 0 Å². The molecule has 82 valence electrons. The maximum atomic E-state index is 12.5. The number of rotatable bonds is 2. The maximum Gasteiger partial charge on any atom is 0.510 e. The molecule has 15 heavy (non-hydrogen) atoms. The van der Waals surface area contributed by atoms with E-state index in [1.54, 1.807) is 0 Å². The van der Waals surface area contributed by atoms with Crippen LogP contribution in [0.4, 0.5) is 12.9 Å². The Hall–Kier alpha value is -1.53. The highest BCUT2D eigenvalue weighted by Crippen LogP contribution is 2.12. The largest absolute Gasteiger partial charge is 0.510 e. The standard InChI is InChI=1S/C8H8BF3NO2/c1-5-4-13-7(8(14)15-2)3-6(5)9(10,11)12/h3-4H,1-2H3/q-1. The number of nitrogens with zero attached hydrogens (tertiary/aromatic N) is 1. The molecule has 0 aliphatic rings. The van der Waals surface area contributed by atoms with E-state index in [-0.39, 0.29) is 11.3 Å². The molecule has 0 bridgehead atoms. The molecule has 0 saturated heterocycles. The molecule has 0 N–H and O–H groups in total. The van der Waals surface area contributed by atoms with Crippen molar-refractivity contribution in [1.29, 1.82) is 0 Å². The van der Waals surface area contributed by atoms with Gasteiger partial charge in [-0.1, -0.05) is 11.6 Å². The van der Waals surface area contributed by atoms with E-state index >= 15 is 0 Å². The average Bonchev–Trinajstić information content (AvgIpc) is 2.15. The molecule has 0 radical (unpaired) electrons. The van der Waals surface area contributed by atoms with E-state index in [0.717, 1.165) is 13.3 Å². The zero-order valence-corrected chi connectivity index (χ0v) is 8.13. The van der Waals surface area contributed by atoms with Crippen LogP contribution < -0.4 is 5.46 Å². The lowest BCUT2D eigenvalue weighted by molar-refractivity contribution is 0.0594. The lowest BCUT2D eigenvalue weighted by Crippen LogP contribution is -2.37. The number of methoxy groups -OCH3 is 1. The van der Waals surface area contributed by atoms with Crippen molar-refractivity contribution in [2.24, 2.45) is 0 Å². The first-order valence-electron chi connectivity index (χ1n) is 4.11. The second-order valence-corrected chi connectivity index (χ2v) is 2.99. The molecule has 0 amide bonds. The van der Waals surface area contributed by atoms with Gasteiger partial charge in [0.15, 0.2) is 0 Å². The van der Waals surface area contributed by atoms with Crippen molar-refractivity contribution in [1.82, 2.24) is 4.98 Å². The number of aryl methyl sites for hydroxylation is 1. The summed E-state index contributed by atoms with van der Waals surface area (Å²) in [6.07, 6.45) is 1.01. The van der Waals surface area contributed by atoms with Gasteiger partial charge in [0, 0.05) is 6.20 Å². The molecule has 0 fully saturated rings. The third-order valence-electron chi connectivity index (χ3n) is 1.89. The summed E-state index contributed by atoms with van der Waals surface area (Å²) < 4.78 is 41.7. The van der Waals surface area contributed by atoms with Gasteiger partial charge in [-0.15, -0.1) is 5.46 Å². The van der Waals surface area contributed by atoms with Crippen molar-refractivity contribution in [3.8, 4) is 0 Å². The average molecular weight is 218 g/mol. The molecule has 0 unspecified atom stereocenters. The maximum absolute atomic E-state index is 12.5. The van der Waals surface area contributed by atoms with Gasteiger partial charge >= 0.3 is 12.9 Å². The molecule has 3 nitrogen and oxygen atoms in total. The second kappa shape index (κ2) is 3.92. The van der Waals surface area contributed by atoms with E-state index in [9.17, 15) is 17.7 Å².